The Morgan fingerprint density at radius 2 is 1.89 bits per heavy atom. The van der Waals surface area contributed by atoms with E-state index < -0.39 is 5.97 Å². The molecule has 0 spiro atoms. The molecule has 2 rings (SSSR count). The average molecular weight is 320 g/mol. The molecule has 0 aliphatic heterocycles. The largest absolute Gasteiger partial charge is 0.478 e. The van der Waals surface area contributed by atoms with Crippen LogP contribution in [-0.2, 0) is 6.42 Å². The van der Waals surface area contributed by atoms with Gasteiger partial charge in [-0.1, -0.05) is 46.3 Å². The fraction of sp³-hybridized carbons (Fsp3) is 0.133. The first-order valence-corrected chi connectivity index (χ1v) is 6.76. The van der Waals surface area contributed by atoms with Crippen molar-refractivity contribution in [2.24, 2.45) is 0 Å². The van der Waals surface area contributed by atoms with Gasteiger partial charge in [-0.15, -0.1) is 0 Å². The van der Waals surface area contributed by atoms with Crippen LogP contribution in [0.4, 0.5) is 5.69 Å². The third kappa shape index (κ3) is 4.10. The van der Waals surface area contributed by atoms with E-state index in [9.17, 15) is 4.79 Å². The summed E-state index contributed by atoms with van der Waals surface area (Å²) in [5.41, 5.74) is 2.34. The van der Waals surface area contributed by atoms with Crippen molar-refractivity contribution in [3.63, 3.8) is 0 Å². The number of rotatable bonds is 5. The second-order valence-electron chi connectivity index (χ2n) is 4.20. The molecule has 0 heterocycles. The summed E-state index contributed by atoms with van der Waals surface area (Å²) in [4.78, 5) is 11.0. The Balaban J connectivity index is 1.98. The third-order valence-electron chi connectivity index (χ3n) is 2.73. The van der Waals surface area contributed by atoms with E-state index in [4.69, 9.17) is 5.11 Å². The molecule has 0 aliphatic carbocycles. The molecule has 0 aromatic heterocycles. The van der Waals surface area contributed by atoms with Crippen LogP contribution in [0.3, 0.4) is 0 Å². The molecular weight excluding hydrogens is 306 g/mol. The highest BCUT2D eigenvalue weighted by Gasteiger charge is 2.05. The molecule has 3 nitrogen and oxygen atoms in total. The summed E-state index contributed by atoms with van der Waals surface area (Å²) in [6.45, 7) is 0.763. The van der Waals surface area contributed by atoms with Gasteiger partial charge in [-0.3, -0.25) is 0 Å². The van der Waals surface area contributed by atoms with Crippen molar-refractivity contribution in [1.82, 2.24) is 0 Å². The normalized spacial score (nSPS) is 10.2. The van der Waals surface area contributed by atoms with Gasteiger partial charge in [-0.25, -0.2) is 4.79 Å². The molecule has 2 aromatic rings. The summed E-state index contributed by atoms with van der Waals surface area (Å²) in [5, 5.41) is 12.2. The molecule has 0 fully saturated rings. The lowest BCUT2D eigenvalue weighted by Crippen LogP contribution is -2.06. The van der Waals surface area contributed by atoms with Gasteiger partial charge < -0.3 is 10.4 Å². The number of anilines is 1. The predicted octanol–water partition coefficient (Wildman–Crippen LogP) is 3.80. The van der Waals surface area contributed by atoms with Crippen LogP contribution in [0.15, 0.2) is 53.0 Å². The molecule has 4 heteroatoms. The summed E-state index contributed by atoms with van der Waals surface area (Å²) in [6, 6.07) is 15.3. The highest BCUT2D eigenvalue weighted by atomic mass is 79.9. The zero-order valence-electron chi connectivity index (χ0n) is 10.3. The van der Waals surface area contributed by atoms with Gasteiger partial charge in [0.1, 0.15) is 0 Å². The van der Waals surface area contributed by atoms with E-state index in [2.05, 4.69) is 33.4 Å². The maximum atomic E-state index is 11.0. The van der Waals surface area contributed by atoms with Crippen molar-refractivity contribution in [2.45, 2.75) is 6.42 Å². The number of hydrogen-bond donors (Lipinski definition) is 2. The Morgan fingerprint density at radius 3 is 2.58 bits per heavy atom. The zero-order valence-corrected chi connectivity index (χ0v) is 11.9. The molecule has 0 saturated heterocycles. The Morgan fingerprint density at radius 1 is 1.16 bits per heavy atom. The topological polar surface area (TPSA) is 49.3 Å². The Hall–Kier alpha value is -1.81. The minimum absolute atomic E-state index is 0.275. The van der Waals surface area contributed by atoms with Gasteiger partial charge in [0.05, 0.1) is 5.56 Å². The first-order chi connectivity index (χ1) is 9.15. The van der Waals surface area contributed by atoms with Crippen molar-refractivity contribution in [3.8, 4) is 0 Å². The minimum atomic E-state index is -0.924. The molecule has 19 heavy (non-hydrogen) atoms. The fourth-order valence-corrected chi connectivity index (χ4v) is 2.30. The number of nitrogens with one attached hydrogen (secondary N) is 1. The zero-order chi connectivity index (χ0) is 13.7. The molecule has 0 amide bonds. The number of hydrogen-bond acceptors (Lipinski definition) is 2. The molecule has 0 bridgehead atoms. The molecule has 2 N–H and O–H groups in total. The maximum absolute atomic E-state index is 11.0. The first-order valence-electron chi connectivity index (χ1n) is 5.97. The summed E-state index contributed by atoms with van der Waals surface area (Å²) >= 11 is 3.31. The Labute approximate surface area is 120 Å². The van der Waals surface area contributed by atoms with Crippen molar-refractivity contribution < 1.29 is 9.90 Å². The van der Waals surface area contributed by atoms with Crippen LogP contribution in [0.1, 0.15) is 15.9 Å². The Bertz CT molecular complexity index is 570. The number of carbonyl (C=O) groups is 1. The molecule has 0 radical (unpaired) electrons. The SMILES string of the molecule is O=C(O)c1cc(Br)cc(NCCc2ccccc2)c1. The Kier molecular flexibility index (Phi) is 4.58. The fourth-order valence-electron chi connectivity index (χ4n) is 1.81. The third-order valence-corrected chi connectivity index (χ3v) is 3.19. The van der Waals surface area contributed by atoms with Gasteiger partial charge in [0.2, 0.25) is 0 Å². The van der Waals surface area contributed by atoms with E-state index in [0.29, 0.717) is 0 Å². The molecule has 0 atom stereocenters. The number of halogens is 1. The molecule has 0 saturated carbocycles. The van der Waals surface area contributed by atoms with Crippen LogP contribution >= 0.6 is 15.9 Å². The minimum Gasteiger partial charge on any atom is -0.478 e. The van der Waals surface area contributed by atoms with E-state index in [0.717, 1.165) is 23.1 Å². The van der Waals surface area contributed by atoms with Crippen LogP contribution in [0.2, 0.25) is 0 Å². The van der Waals surface area contributed by atoms with E-state index in [1.165, 1.54) is 5.56 Å². The van der Waals surface area contributed by atoms with Crippen LogP contribution in [-0.4, -0.2) is 17.6 Å². The van der Waals surface area contributed by atoms with Crippen LogP contribution in [0.25, 0.3) is 0 Å². The van der Waals surface area contributed by atoms with Crippen LogP contribution < -0.4 is 5.32 Å². The summed E-state index contributed by atoms with van der Waals surface area (Å²) in [5.74, 6) is -0.924. The number of benzene rings is 2. The van der Waals surface area contributed by atoms with Gasteiger partial charge in [0.15, 0.2) is 0 Å². The van der Waals surface area contributed by atoms with Gasteiger partial charge in [-0.05, 0) is 30.2 Å². The molecule has 2 aromatic carbocycles. The molecular formula is C15H14BrNO2. The van der Waals surface area contributed by atoms with Crippen LogP contribution in [0, 0.1) is 0 Å². The second kappa shape index (κ2) is 6.38. The summed E-state index contributed by atoms with van der Waals surface area (Å²) in [7, 11) is 0. The van der Waals surface area contributed by atoms with Gasteiger partial charge in [0, 0.05) is 16.7 Å². The van der Waals surface area contributed by atoms with E-state index in [1.54, 1.807) is 12.1 Å². The average Bonchev–Trinajstić information content (AvgIpc) is 2.39. The van der Waals surface area contributed by atoms with Gasteiger partial charge in [-0.2, -0.15) is 0 Å². The summed E-state index contributed by atoms with van der Waals surface area (Å²) < 4.78 is 0.759. The predicted molar refractivity (Wildman–Crippen MR) is 79.7 cm³/mol. The quantitative estimate of drug-likeness (QED) is 0.881. The monoisotopic (exact) mass is 319 g/mol. The maximum Gasteiger partial charge on any atom is 0.335 e. The summed E-state index contributed by atoms with van der Waals surface area (Å²) in [6.07, 6.45) is 0.899. The number of carboxylic acids is 1. The first kappa shape index (κ1) is 13.6. The standard InChI is InChI=1S/C15H14BrNO2/c16-13-8-12(15(18)19)9-14(10-13)17-7-6-11-4-2-1-3-5-11/h1-5,8-10,17H,6-7H2,(H,18,19). The number of aromatic carboxylic acids is 1. The molecule has 98 valence electrons. The lowest BCUT2D eigenvalue weighted by molar-refractivity contribution is 0.0697. The highest BCUT2D eigenvalue weighted by Crippen LogP contribution is 2.19. The van der Waals surface area contributed by atoms with Gasteiger partial charge in [0.25, 0.3) is 0 Å². The van der Waals surface area contributed by atoms with Gasteiger partial charge >= 0.3 is 5.97 Å². The van der Waals surface area contributed by atoms with Crippen molar-refractivity contribution in [1.29, 1.82) is 0 Å². The smallest absolute Gasteiger partial charge is 0.335 e. The van der Waals surface area contributed by atoms with Crippen molar-refractivity contribution in [2.75, 3.05) is 11.9 Å². The number of carboxylic acid groups (broad SMARTS) is 1. The lowest BCUT2D eigenvalue weighted by atomic mass is 10.1. The second-order valence-corrected chi connectivity index (χ2v) is 5.11. The molecule has 0 aliphatic rings. The van der Waals surface area contributed by atoms with Crippen LogP contribution in [0.5, 0.6) is 0 Å². The highest BCUT2D eigenvalue weighted by molar-refractivity contribution is 9.10. The van der Waals surface area contributed by atoms with E-state index in [-0.39, 0.29) is 5.56 Å². The lowest BCUT2D eigenvalue weighted by Gasteiger charge is -2.08. The van der Waals surface area contributed by atoms with Crippen molar-refractivity contribution in [3.05, 3.63) is 64.1 Å². The van der Waals surface area contributed by atoms with Crippen molar-refractivity contribution >= 4 is 27.6 Å². The van der Waals surface area contributed by atoms with E-state index >= 15 is 0 Å². The van der Waals surface area contributed by atoms with E-state index in [1.807, 2.05) is 24.3 Å². The molecule has 0 unspecified atom stereocenters.